The van der Waals surface area contributed by atoms with Crippen LogP contribution in [0, 0.1) is 11.3 Å². The highest BCUT2D eigenvalue weighted by molar-refractivity contribution is 14.0. The number of nitriles is 1. The molecule has 144 valence electrons. The van der Waals surface area contributed by atoms with Gasteiger partial charge in [-0.2, -0.15) is 5.26 Å². The summed E-state index contributed by atoms with van der Waals surface area (Å²) in [5.74, 6) is 0.797. The van der Waals surface area contributed by atoms with Crippen LogP contribution in [0.15, 0.2) is 29.3 Å². The van der Waals surface area contributed by atoms with Crippen LogP contribution >= 0.6 is 24.0 Å². The first kappa shape index (κ1) is 22.7. The van der Waals surface area contributed by atoms with Crippen molar-refractivity contribution < 1.29 is 4.74 Å². The van der Waals surface area contributed by atoms with Gasteiger partial charge in [0.05, 0.1) is 31.4 Å². The van der Waals surface area contributed by atoms with E-state index in [-0.39, 0.29) is 29.5 Å². The third-order valence-electron chi connectivity index (χ3n) is 4.38. The Morgan fingerprint density at radius 1 is 1.31 bits per heavy atom. The van der Waals surface area contributed by atoms with Crippen molar-refractivity contribution in [1.29, 1.82) is 5.26 Å². The largest absolute Gasteiger partial charge is 0.379 e. The highest BCUT2D eigenvalue weighted by Gasteiger charge is 2.28. The molecule has 2 rings (SSSR count). The Morgan fingerprint density at radius 3 is 2.69 bits per heavy atom. The number of nitrogens with one attached hydrogen (secondary N) is 2. The van der Waals surface area contributed by atoms with Gasteiger partial charge >= 0.3 is 0 Å². The summed E-state index contributed by atoms with van der Waals surface area (Å²) in [6.45, 7) is 12.2. The molecule has 0 radical (unpaired) electrons. The smallest absolute Gasteiger partial charge is 0.191 e. The Hall–Kier alpha value is -1.37. The van der Waals surface area contributed by atoms with Gasteiger partial charge in [-0.25, -0.2) is 4.99 Å². The first-order chi connectivity index (χ1) is 12.0. The molecule has 0 aromatic heterocycles. The van der Waals surface area contributed by atoms with Gasteiger partial charge in [0.25, 0.3) is 0 Å². The summed E-state index contributed by atoms with van der Waals surface area (Å²) in [4.78, 5) is 7.10. The van der Waals surface area contributed by atoms with Crippen molar-refractivity contribution in [2.45, 2.75) is 32.9 Å². The summed E-state index contributed by atoms with van der Waals surface area (Å²) in [5.41, 5.74) is 1.73. The number of hydrogen-bond acceptors (Lipinski definition) is 4. The van der Waals surface area contributed by atoms with Crippen molar-refractivity contribution in [2.75, 3.05) is 39.4 Å². The summed E-state index contributed by atoms with van der Waals surface area (Å²) in [6.07, 6.45) is 0. The maximum Gasteiger partial charge on any atom is 0.191 e. The van der Waals surface area contributed by atoms with E-state index in [1.54, 1.807) is 0 Å². The molecule has 0 saturated carbocycles. The number of benzene rings is 1. The number of nitrogens with zero attached hydrogens (tertiary/aromatic N) is 3. The molecule has 1 aliphatic heterocycles. The molecule has 0 bridgehead atoms. The monoisotopic (exact) mass is 471 g/mol. The van der Waals surface area contributed by atoms with E-state index < -0.39 is 0 Å². The van der Waals surface area contributed by atoms with Crippen LogP contribution in [0.3, 0.4) is 0 Å². The zero-order valence-corrected chi connectivity index (χ0v) is 18.2. The molecular weight excluding hydrogens is 441 g/mol. The Labute approximate surface area is 174 Å². The van der Waals surface area contributed by atoms with Crippen molar-refractivity contribution in [3.05, 3.63) is 35.4 Å². The Morgan fingerprint density at radius 2 is 2.04 bits per heavy atom. The fourth-order valence-corrected chi connectivity index (χ4v) is 2.83. The van der Waals surface area contributed by atoms with E-state index in [0.29, 0.717) is 12.1 Å². The summed E-state index contributed by atoms with van der Waals surface area (Å²) in [5, 5.41) is 15.7. The minimum absolute atomic E-state index is 0. The molecule has 1 aromatic carbocycles. The van der Waals surface area contributed by atoms with E-state index in [2.05, 4.69) is 47.4 Å². The van der Waals surface area contributed by atoms with Gasteiger partial charge in [0.1, 0.15) is 0 Å². The lowest BCUT2D eigenvalue weighted by Crippen LogP contribution is -2.56. The van der Waals surface area contributed by atoms with E-state index >= 15 is 0 Å². The third kappa shape index (κ3) is 7.09. The Bertz CT molecular complexity index is 621. The molecule has 1 aliphatic rings. The zero-order chi connectivity index (χ0) is 18.1. The molecular formula is C19H30IN5O. The highest BCUT2D eigenvalue weighted by Crippen LogP contribution is 2.15. The first-order valence-corrected chi connectivity index (χ1v) is 8.89. The van der Waals surface area contributed by atoms with Gasteiger partial charge in [-0.3, -0.25) is 4.90 Å². The van der Waals surface area contributed by atoms with Gasteiger partial charge in [0.15, 0.2) is 5.96 Å². The topological polar surface area (TPSA) is 72.7 Å². The molecule has 7 heteroatoms. The molecule has 26 heavy (non-hydrogen) atoms. The molecule has 1 saturated heterocycles. The SMILES string of the molecule is CCNC(=NCc1cccc(C#N)c1)NCC(C)(C)N1CCOCC1.I. The first-order valence-electron chi connectivity index (χ1n) is 8.89. The van der Waals surface area contributed by atoms with Gasteiger partial charge in [-0.1, -0.05) is 12.1 Å². The summed E-state index contributed by atoms with van der Waals surface area (Å²) in [7, 11) is 0. The Balaban J connectivity index is 0.00000338. The number of ether oxygens (including phenoxy) is 1. The molecule has 1 heterocycles. The lowest BCUT2D eigenvalue weighted by atomic mass is 10.0. The summed E-state index contributed by atoms with van der Waals surface area (Å²) in [6, 6.07) is 9.74. The second-order valence-electron chi connectivity index (χ2n) is 6.77. The van der Waals surface area contributed by atoms with Gasteiger partial charge in [0.2, 0.25) is 0 Å². The third-order valence-corrected chi connectivity index (χ3v) is 4.38. The average Bonchev–Trinajstić information content (AvgIpc) is 2.65. The van der Waals surface area contributed by atoms with Crippen LogP contribution in [0.25, 0.3) is 0 Å². The number of aliphatic imine (C=N–C) groups is 1. The fourth-order valence-electron chi connectivity index (χ4n) is 2.83. The van der Waals surface area contributed by atoms with Crippen molar-refractivity contribution >= 4 is 29.9 Å². The number of guanidine groups is 1. The van der Waals surface area contributed by atoms with E-state index in [1.165, 1.54) is 0 Å². The minimum Gasteiger partial charge on any atom is -0.379 e. The second-order valence-corrected chi connectivity index (χ2v) is 6.77. The van der Waals surface area contributed by atoms with Gasteiger partial charge < -0.3 is 15.4 Å². The Kier molecular flexibility index (Phi) is 9.91. The van der Waals surface area contributed by atoms with Crippen LogP contribution in [-0.4, -0.2) is 55.8 Å². The normalized spacial score (nSPS) is 15.7. The summed E-state index contributed by atoms with van der Waals surface area (Å²) < 4.78 is 5.44. The molecule has 1 fully saturated rings. The van der Waals surface area contributed by atoms with Crippen LogP contribution in [0.1, 0.15) is 31.9 Å². The van der Waals surface area contributed by atoms with Crippen molar-refractivity contribution in [3.8, 4) is 6.07 Å². The quantitative estimate of drug-likeness (QED) is 0.379. The lowest BCUT2D eigenvalue weighted by molar-refractivity contribution is -0.00834. The molecule has 0 atom stereocenters. The number of halogens is 1. The van der Waals surface area contributed by atoms with Crippen molar-refractivity contribution in [1.82, 2.24) is 15.5 Å². The van der Waals surface area contributed by atoms with Crippen LogP contribution in [-0.2, 0) is 11.3 Å². The number of hydrogen-bond donors (Lipinski definition) is 2. The van der Waals surface area contributed by atoms with Crippen molar-refractivity contribution in [3.63, 3.8) is 0 Å². The van der Waals surface area contributed by atoms with Crippen LogP contribution in [0.5, 0.6) is 0 Å². The van der Waals surface area contributed by atoms with Gasteiger partial charge in [-0.05, 0) is 38.5 Å². The number of rotatable bonds is 6. The number of morpholine rings is 1. The lowest BCUT2D eigenvalue weighted by Gasteiger charge is -2.41. The highest BCUT2D eigenvalue weighted by atomic mass is 127. The van der Waals surface area contributed by atoms with Crippen LogP contribution < -0.4 is 10.6 Å². The van der Waals surface area contributed by atoms with Gasteiger partial charge in [0, 0.05) is 31.7 Å². The van der Waals surface area contributed by atoms with Crippen molar-refractivity contribution in [2.24, 2.45) is 4.99 Å². The second kappa shape index (κ2) is 11.4. The predicted molar refractivity (Wildman–Crippen MR) is 116 cm³/mol. The van der Waals surface area contributed by atoms with E-state index in [0.717, 1.165) is 50.9 Å². The molecule has 2 N–H and O–H groups in total. The fraction of sp³-hybridized carbons (Fsp3) is 0.579. The maximum atomic E-state index is 9.00. The standard InChI is InChI=1S/C19H29N5O.HI/c1-4-21-18(22-14-17-7-5-6-16(12-17)13-20)23-15-19(2,3)24-8-10-25-11-9-24;/h5-7,12H,4,8-11,14-15H2,1-3H3,(H2,21,22,23);1H. The van der Waals surface area contributed by atoms with Gasteiger partial charge in [-0.15, -0.1) is 24.0 Å². The molecule has 6 nitrogen and oxygen atoms in total. The predicted octanol–water partition coefficient (Wildman–Crippen LogP) is 2.34. The van der Waals surface area contributed by atoms with E-state index in [9.17, 15) is 0 Å². The molecule has 1 aromatic rings. The minimum atomic E-state index is 0. The molecule has 0 aliphatic carbocycles. The van der Waals surface area contributed by atoms with Crippen LogP contribution in [0.2, 0.25) is 0 Å². The maximum absolute atomic E-state index is 9.00. The van der Waals surface area contributed by atoms with Crippen LogP contribution in [0.4, 0.5) is 0 Å². The molecule has 0 spiro atoms. The average molecular weight is 471 g/mol. The molecule has 0 amide bonds. The zero-order valence-electron chi connectivity index (χ0n) is 15.9. The van der Waals surface area contributed by atoms with E-state index in [4.69, 9.17) is 10.00 Å². The molecule has 0 unspecified atom stereocenters. The van der Waals surface area contributed by atoms with E-state index in [1.807, 2.05) is 24.3 Å². The summed E-state index contributed by atoms with van der Waals surface area (Å²) >= 11 is 0.